The highest BCUT2D eigenvalue weighted by Gasteiger charge is 2.16. The highest BCUT2D eigenvalue weighted by Crippen LogP contribution is 2.31. The van der Waals surface area contributed by atoms with Gasteiger partial charge in [-0.05, 0) is 41.5 Å². The number of benzene rings is 3. The minimum atomic E-state index is -0.353. The fourth-order valence-corrected chi connectivity index (χ4v) is 4.84. The molecule has 4 rings (SSSR count). The SMILES string of the molecule is CN1CCN=C(/C=C/c2cc([N+](=O)[O-])ccc2SCc2ccccc2)c2ccc(Br)cc21. The second-order valence-corrected chi connectivity index (χ2v) is 9.37. The summed E-state index contributed by atoms with van der Waals surface area (Å²) in [4.78, 5) is 19.0. The zero-order valence-electron chi connectivity index (χ0n) is 17.6. The highest BCUT2D eigenvalue weighted by molar-refractivity contribution is 9.10. The van der Waals surface area contributed by atoms with Crippen LogP contribution < -0.4 is 4.90 Å². The van der Waals surface area contributed by atoms with Crippen molar-refractivity contribution in [3.63, 3.8) is 0 Å². The van der Waals surface area contributed by atoms with Crippen LogP contribution in [-0.2, 0) is 5.75 Å². The van der Waals surface area contributed by atoms with Crippen molar-refractivity contribution in [2.75, 3.05) is 25.0 Å². The number of nitro groups is 1. The zero-order valence-corrected chi connectivity index (χ0v) is 20.0. The average molecular weight is 508 g/mol. The van der Waals surface area contributed by atoms with Gasteiger partial charge in [-0.2, -0.15) is 0 Å². The van der Waals surface area contributed by atoms with Crippen LogP contribution in [0.4, 0.5) is 11.4 Å². The van der Waals surface area contributed by atoms with Gasteiger partial charge < -0.3 is 4.90 Å². The van der Waals surface area contributed by atoms with Gasteiger partial charge >= 0.3 is 0 Å². The maximum absolute atomic E-state index is 11.4. The Morgan fingerprint density at radius 1 is 1.12 bits per heavy atom. The van der Waals surface area contributed by atoms with E-state index in [9.17, 15) is 10.1 Å². The Hall–Kier alpha value is -2.90. The average Bonchev–Trinajstić information content (AvgIpc) is 2.95. The number of likely N-dealkylation sites (N-methyl/N-ethyl adjacent to an activating group) is 1. The van der Waals surface area contributed by atoms with Crippen LogP contribution in [0, 0.1) is 10.1 Å². The molecule has 5 nitrogen and oxygen atoms in total. The normalized spacial score (nSPS) is 13.6. The molecular formula is C25H22BrN3O2S. The maximum Gasteiger partial charge on any atom is 0.270 e. The molecule has 3 aromatic rings. The number of allylic oxidation sites excluding steroid dienone is 1. The van der Waals surface area contributed by atoms with E-state index in [0.717, 1.165) is 44.2 Å². The minimum Gasteiger partial charge on any atom is -0.372 e. The molecule has 1 aliphatic heterocycles. The third-order valence-corrected chi connectivity index (χ3v) is 6.88. The van der Waals surface area contributed by atoms with Crippen molar-refractivity contribution in [3.05, 3.63) is 104 Å². The van der Waals surface area contributed by atoms with E-state index in [1.54, 1.807) is 23.9 Å². The molecule has 0 aliphatic carbocycles. The van der Waals surface area contributed by atoms with Crippen LogP contribution in [0.5, 0.6) is 0 Å². The van der Waals surface area contributed by atoms with Crippen LogP contribution >= 0.6 is 27.7 Å². The lowest BCUT2D eigenvalue weighted by Gasteiger charge is -2.19. The number of anilines is 1. The van der Waals surface area contributed by atoms with Gasteiger partial charge in [0, 0.05) is 52.1 Å². The molecule has 0 radical (unpaired) electrons. The molecule has 0 unspecified atom stereocenters. The summed E-state index contributed by atoms with van der Waals surface area (Å²) in [5.41, 5.74) is 5.15. The summed E-state index contributed by atoms with van der Waals surface area (Å²) < 4.78 is 1.02. The highest BCUT2D eigenvalue weighted by atomic mass is 79.9. The van der Waals surface area contributed by atoms with Gasteiger partial charge in [-0.25, -0.2) is 0 Å². The molecule has 0 spiro atoms. The van der Waals surface area contributed by atoms with Gasteiger partial charge in [0.05, 0.1) is 17.2 Å². The number of hydrogen-bond donors (Lipinski definition) is 0. The van der Waals surface area contributed by atoms with Gasteiger partial charge in [0.1, 0.15) is 0 Å². The van der Waals surface area contributed by atoms with Crippen LogP contribution in [0.25, 0.3) is 6.08 Å². The number of aliphatic imine (C=N–C) groups is 1. The molecule has 0 bridgehead atoms. The Bertz CT molecular complexity index is 1200. The third kappa shape index (κ3) is 5.29. The van der Waals surface area contributed by atoms with Crippen molar-refractivity contribution in [2.24, 2.45) is 4.99 Å². The first-order chi connectivity index (χ1) is 15.5. The van der Waals surface area contributed by atoms with Crippen LogP contribution in [-0.4, -0.2) is 30.8 Å². The van der Waals surface area contributed by atoms with Crippen molar-refractivity contribution in [1.29, 1.82) is 0 Å². The third-order valence-electron chi connectivity index (χ3n) is 5.23. The quantitative estimate of drug-likeness (QED) is 0.214. The van der Waals surface area contributed by atoms with Crippen LogP contribution in [0.1, 0.15) is 16.7 Å². The topological polar surface area (TPSA) is 58.7 Å². The summed E-state index contributed by atoms with van der Waals surface area (Å²) in [5.74, 6) is 0.794. The number of rotatable bonds is 6. The Balaban J connectivity index is 1.66. The van der Waals surface area contributed by atoms with Gasteiger partial charge in [0.2, 0.25) is 0 Å². The lowest BCUT2D eigenvalue weighted by atomic mass is 10.1. The van der Waals surface area contributed by atoms with E-state index in [1.807, 2.05) is 42.5 Å². The number of nitrogens with zero attached hydrogens (tertiary/aromatic N) is 3. The molecule has 0 fully saturated rings. The Labute approximate surface area is 200 Å². The van der Waals surface area contributed by atoms with Crippen LogP contribution in [0.2, 0.25) is 0 Å². The van der Waals surface area contributed by atoms with E-state index in [2.05, 4.69) is 52.1 Å². The first-order valence-electron chi connectivity index (χ1n) is 10.2. The van der Waals surface area contributed by atoms with E-state index in [4.69, 9.17) is 4.99 Å². The number of non-ortho nitro benzene ring substituents is 1. The molecule has 0 aromatic heterocycles. The van der Waals surface area contributed by atoms with Gasteiger partial charge in [0.25, 0.3) is 5.69 Å². The minimum absolute atomic E-state index is 0.0839. The number of nitro benzene ring substituents is 1. The van der Waals surface area contributed by atoms with Crippen molar-refractivity contribution in [2.45, 2.75) is 10.6 Å². The molecule has 0 atom stereocenters. The smallest absolute Gasteiger partial charge is 0.270 e. The summed E-state index contributed by atoms with van der Waals surface area (Å²) in [5, 5.41) is 11.4. The Morgan fingerprint density at radius 2 is 1.94 bits per heavy atom. The number of thioether (sulfide) groups is 1. The molecular weight excluding hydrogens is 486 g/mol. The van der Waals surface area contributed by atoms with E-state index in [0.29, 0.717) is 6.54 Å². The Kier molecular flexibility index (Phi) is 7.07. The summed E-state index contributed by atoms with van der Waals surface area (Å²) in [6, 6.07) is 21.4. The van der Waals surface area contributed by atoms with Crippen molar-refractivity contribution < 1.29 is 4.92 Å². The molecule has 7 heteroatoms. The Morgan fingerprint density at radius 3 is 2.72 bits per heavy atom. The van der Waals surface area contributed by atoms with E-state index < -0.39 is 0 Å². The van der Waals surface area contributed by atoms with Crippen molar-refractivity contribution in [3.8, 4) is 0 Å². The molecule has 162 valence electrons. The van der Waals surface area contributed by atoms with Gasteiger partial charge in [0.15, 0.2) is 0 Å². The van der Waals surface area contributed by atoms with Crippen LogP contribution in [0.15, 0.2) is 87.2 Å². The predicted molar refractivity (Wildman–Crippen MR) is 137 cm³/mol. The fraction of sp³-hybridized carbons (Fsp3) is 0.160. The molecule has 0 saturated carbocycles. The number of benzodiazepines with no additional fused rings is 1. The van der Waals surface area contributed by atoms with Crippen molar-refractivity contribution in [1.82, 2.24) is 0 Å². The summed E-state index contributed by atoms with van der Waals surface area (Å²) in [6.07, 6.45) is 3.91. The molecule has 3 aromatic carbocycles. The first kappa shape index (κ1) is 22.3. The largest absolute Gasteiger partial charge is 0.372 e. The molecule has 1 aliphatic rings. The summed E-state index contributed by atoms with van der Waals surface area (Å²) >= 11 is 5.23. The van der Waals surface area contributed by atoms with Gasteiger partial charge in [-0.3, -0.25) is 15.1 Å². The number of fused-ring (bicyclic) bond motifs is 1. The second-order valence-electron chi connectivity index (χ2n) is 7.44. The second kappa shape index (κ2) is 10.1. The van der Waals surface area contributed by atoms with Gasteiger partial charge in [-0.15, -0.1) is 11.8 Å². The predicted octanol–water partition coefficient (Wildman–Crippen LogP) is 6.60. The summed E-state index contributed by atoms with van der Waals surface area (Å²) in [6.45, 7) is 1.52. The lowest BCUT2D eigenvalue weighted by Crippen LogP contribution is -2.20. The van der Waals surface area contributed by atoms with E-state index >= 15 is 0 Å². The van der Waals surface area contributed by atoms with Gasteiger partial charge in [-0.1, -0.05) is 52.3 Å². The van der Waals surface area contributed by atoms with E-state index in [1.165, 1.54) is 5.56 Å². The van der Waals surface area contributed by atoms with Crippen molar-refractivity contribution >= 4 is 50.9 Å². The molecule has 0 N–H and O–H groups in total. The molecule has 0 amide bonds. The summed E-state index contributed by atoms with van der Waals surface area (Å²) in [7, 11) is 2.06. The first-order valence-corrected chi connectivity index (χ1v) is 12.0. The van der Waals surface area contributed by atoms with E-state index in [-0.39, 0.29) is 10.6 Å². The number of hydrogen-bond acceptors (Lipinski definition) is 5. The standard InChI is InChI=1S/C25H22BrN3O2S/c1-28-14-13-27-23(22-10-8-20(26)16-24(22)28)11-7-19-15-21(29(30)31)9-12-25(19)32-17-18-5-3-2-4-6-18/h2-12,15-16H,13-14,17H2,1H3/b11-7+. The zero-order chi connectivity index (χ0) is 22.5. The molecule has 1 heterocycles. The lowest BCUT2D eigenvalue weighted by molar-refractivity contribution is -0.384. The van der Waals surface area contributed by atoms with Crippen LogP contribution in [0.3, 0.4) is 0 Å². The molecule has 32 heavy (non-hydrogen) atoms. The number of halogens is 1. The fourth-order valence-electron chi connectivity index (χ4n) is 3.52. The monoisotopic (exact) mass is 507 g/mol. The molecule has 0 saturated heterocycles. The maximum atomic E-state index is 11.4.